The molecule has 1 saturated carbocycles. The maximum atomic E-state index is 13.6. The van der Waals surface area contributed by atoms with E-state index in [0.29, 0.717) is 84.3 Å². The Morgan fingerprint density at radius 3 is 1.98 bits per heavy atom. The summed E-state index contributed by atoms with van der Waals surface area (Å²) in [6.45, 7) is 12.8. The molecule has 2 aliphatic rings. The Labute approximate surface area is 245 Å². The number of amides is 1. The third-order valence-corrected chi connectivity index (χ3v) is 7.64. The van der Waals surface area contributed by atoms with Gasteiger partial charge in [-0.15, -0.1) is 0 Å². The molecule has 0 N–H and O–H groups in total. The van der Waals surface area contributed by atoms with Crippen molar-refractivity contribution in [3.63, 3.8) is 0 Å². The maximum Gasteiger partial charge on any atom is 0.413 e. The highest BCUT2D eigenvalue weighted by molar-refractivity contribution is 5.81. The van der Waals surface area contributed by atoms with Gasteiger partial charge in [0.25, 0.3) is 0 Å². The molecule has 12 nitrogen and oxygen atoms in total. The molecule has 2 fully saturated rings. The van der Waals surface area contributed by atoms with Crippen LogP contribution in [0.4, 0.5) is 4.79 Å². The Balaban J connectivity index is 2.13. The highest BCUT2D eigenvalue weighted by Crippen LogP contribution is 2.35. The minimum Gasteiger partial charge on any atom is -0.467 e. The van der Waals surface area contributed by atoms with E-state index in [0.717, 1.165) is 19.3 Å². The summed E-state index contributed by atoms with van der Waals surface area (Å²) in [7, 11) is 1.28. The van der Waals surface area contributed by atoms with Crippen molar-refractivity contribution >= 4 is 18.0 Å². The zero-order chi connectivity index (χ0) is 30.0. The van der Waals surface area contributed by atoms with Crippen LogP contribution < -0.4 is 0 Å². The van der Waals surface area contributed by atoms with Crippen LogP contribution >= 0.6 is 0 Å². The molecule has 41 heavy (non-hydrogen) atoms. The van der Waals surface area contributed by atoms with Gasteiger partial charge in [0.05, 0.1) is 60.0 Å². The Morgan fingerprint density at radius 2 is 1.46 bits per heavy atom. The molecule has 238 valence electrons. The van der Waals surface area contributed by atoms with E-state index in [-0.39, 0.29) is 18.4 Å². The first-order valence-electron chi connectivity index (χ1n) is 14.9. The molecule has 2 rings (SSSR count). The van der Waals surface area contributed by atoms with Crippen molar-refractivity contribution in [1.82, 2.24) is 9.80 Å². The SMILES string of the molecule is COC(=O)[C@H](CCN1CCOCCOCCOCCOCC1)N(COC(C)=O)C(=O)O[C@H]1C[C@H](C)CCC1C(C)C. The molecule has 1 unspecified atom stereocenters. The first-order chi connectivity index (χ1) is 19.7. The Morgan fingerprint density at radius 1 is 0.902 bits per heavy atom. The molecule has 0 aromatic heterocycles. The Kier molecular flexibility index (Phi) is 17.2. The molecule has 1 heterocycles. The van der Waals surface area contributed by atoms with Gasteiger partial charge < -0.3 is 33.2 Å². The van der Waals surface area contributed by atoms with Crippen LogP contribution in [-0.2, 0) is 42.7 Å². The van der Waals surface area contributed by atoms with Crippen molar-refractivity contribution in [2.75, 3.05) is 86.3 Å². The van der Waals surface area contributed by atoms with Crippen LogP contribution in [0.15, 0.2) is 0 Å². The van der Waals surface area contributed by atoms with Crippen molar-refractivity contribution < 1.29 is 47.5 Å². The molecule has 4 atom stereocenters. The topological polar surface area (TPSA) is 122 Å². The highest BCUT2D eigenvalue weighted by atomic mass is 16.6. The van der Waals surface area contributed by atoms with Gasteiger partial charge in [0, 0.05) is 26.6 Å². The van der Waals surface area contributed by atoms with E-state index in [1.165, 1.54) is 18.9 Å². The fourth-order valence-electron chi connectivity index (χ4n) is 5.20. The van der Waals surface area contributed by atoms with Crippen LogP contribution in [0.3, 0.4) is 0 Å². The number of carbonyl (C=O) groups is 3. The molecular formula is C29H52N2O10. The summed E-state index contributed by atoms with van der Waals surface area (Å²) >= 11 is 0. The lowest BCUT2D eigenvalue weighted by atomic mass is 9.75. The average Bonchev–Trinajstić information content (AvgIpc) is 2.94. The predicted octanol–water partition coefficient (Wildman–Crippen LogP) is 2.72. The maximum absolute atomic E-state index is 13.6. The Hall–Kier alpha value is -1.99. The summed E-state index contributed by atoms with van der Waals surface area (Å²) < 4.78 is 38.7. The van der Waals surface area contributed by atoms with Crippen LogP contribution in [0, 0.1) is 17.8 Å². The first kappa shape index (κ1) is 35.2. The first-order valence-corrected chi connectivity index (χ1v) is 14.9. The van der Waals surface area contributed by atoms with Crippen molar-refractivity contribution in [2.24, 2.45) is 17.8 Å². The number of hydrogen-bond acceptors (Lipinski definition) is 11. The number of methoxy groups -OCH3 is 1. The van der Waals surface area contributed by atoms with E-state index in [1.807, 2.05) is 0 Å². The second kappa shape index (κ2) is 20.0. The van der Waals surface area contributed by atoms with Gasteiger partial charge in [0.2, 0.25) is 0 Å². The van der Waals surface area contributed by atoms with E-state index in [4.69, 9.17) is 33.2 Å². The predicted molar refractivity (Wildman–Crippen MR) is 150 cm³/mol. The van der Waals surface area contributed by atoms with Gasteiger partial charge in [-0.25, -0.2) is 9.59 Å². The summed E-state index contributed by atoms with van der Waals surface area (Å²) in [6.07, 6.45) is 2.09. The van der Waals surface area contributed by atoms with Crippen LogP contribution in [-0.4, -0.2) is 126 Å². The standard InChI is InChI=1S/C29H52N2O10/c1-22(2)25-7-6-23(3)20-27(25)41-29(34)31(21-40-24(4)32)26(28(33)35-5)8-9-30-10-12-36-14-16-38-18-19-39-17-15-37-13-11-30/h22-23,25-27H,6-21H2,1-5H3/t23-,25?,26+,27+/m1/s1. The van der Waals surface area contributed by atoms with Gasteiger partial charge >= 0.3 is 18.0 Å². The molecule has 0 spiro atoms. The molecular weight excluding hydrogens is 536 g/mol. The second-order valence-corrected chi connectivity index (χ2v) is 11.1. The van der Waals surface area contributed by atoms with Gasteiger partial charge in [0.15, 0.2) is 6.73 Å². The van der Waals surface area contributed by atoms with Gasteiger partial charge in [-0.3, -0.25) is 14.6 Å². The molecule has 0 radical (unpaired) electrons. The highest BCUT2D eigenvalue weighted by Gasteiger charge is 2.38. The zero-order valence-electron chi connectivity index (χ0n) is 25.7. The van der Waals surface area contributed by atoms with Gasteiger partial charge in [-0.05, 0) is 37.0 Å². The smallest absolute Gasteiger partial charge is 0.413 e. The minimum absolute atomic E-state index is 0.221. The number of esters is 2. The molecule has 1 amide bonds. The summed E-state index contributed by atoms with van der Waals surface area (Å²) in [5.74, 6) is -0.181. The summed E-state index contributed by atoms with van der Waals surface area (Å²) in [6, 6.07) is -1.01. The number of nitrogens with zero attached hydrogens (tertiary/aromatic N) is 2. The largest absolute Gasteiger partial charge is 0.467 e. The number of rotatable bonds is 9. The van der Waals surface area contributed by atoms with Crippen molar-refractivity contribution in [1.29, 1.82) is 0 Å². The van der Waals surface area contributed by atoms with Gasteiger partial charge in [0.1, 0.15) is 12.1 Å². The molecule has 1 saturated heterocycles. The van der Waals surface area contributed by atoms with Crippen LogP contribution in [0.5, 0.6) is 0 Å². The van der Waals surface area contributed by atoms with Crippen molar-refractivity contribution in [3.8, 4) is 0 Å². The second-order valence-electron chi connectivity index (χ2n) is 11.1. The lowest BCUT2D eigenvalue weighted by Crippen LogP contribution is -2.50. The fourth-order valence-corrected chi connectivity index (χ4v) is 5.20. The number of ether oxygens (including phenoxy) is 7. The normalized spacial score (nSPS) is 24.9. The molecule has 0 bridgehead atoms. The lowest BCUT2D eigenvalue weighted by Gasteiger charge is -2.38. The van der Waals surface area contributed by atoms with Gasteiger partial charge in [-0.2, -0.15) is 0 Å². The summed E-state index contributed by atoms with van der Waals surface area (Å²) in [5, 5.41) is 0. The molecule has 1 aliphatic heterocycles. The fraction of sp³-hybridized carbons (Fsp3) is 0.897. The quantitative estimate of drug-likeness (QED) is 0.224. The van der Waals surface area contributed by atoms with Crippen LogP contribution in [0.25, 0.3) is 0 Å². The summed E-state index contributed by atoms with van der Waals surface area (Å²) in [5.41, 5.74) is 0. The lowest BCUT2D eigenvalue weighted by molar-refractivity contribution is -0.156. The molecule has 1 aliphatic carbocycles. The average molecular weight is 589 g/mol. The molecule has 0 aromatic rings. The number of hydrogen-bond donors (Lipinski definition) is 0. The third-order valence-electron chi connectivity index (χ3n) is 7.64. The van der Waals surface area contributed by atoms with Crippen molar-refractivity contribution in [3.05, 3.63) is 0 Å². The Bertz CT molecular complexity index is 752. The summed E-state index contributed by atoms with van der Waals surface area (Å²) in [4.78, 5) is 41.6. The van der Waals surface area contributed by atoms with Crippen molar-refractivity contribution in [2.45, 2.75) is 65.5 Å². The minimum atomic E-state index is -1.01. The van der Waals surface area contributed by atoms with Crippen LogP contribution in [0.1, 0.15) is 53.4 Å². The zero-order valence-corrected chi connectivity index (χ0v) is 25.7. The number of carbonyl (C=O) groups excluding carboxylic acids is 3. The van der Waals surface area contributed by atoms with Gasteiger partial charge in [-0.1, -0.05) is 27.2 Å². The van der Waals surface area contributed by atoms with E-state index >= 15 is 0 Å². The van der Waals surface area contributed by atoms with E-state index in [1.54, 1.807) is 0 Å². The molecule has 12 heteroatoms. The third kappa shape index (κ3) is 13.7. The van der Waals surface area contributed by atoms with E-state index < -0.39 is 30.8 Å². The van der Waals surface area contributed by atoms with E-state index in [2.05, 4.69) is 25.7 Å². The molecule has 0 aromatic carbocycles. The monoisotopic (exact) mass is 588 g/mol. The van der Waals surface area contributed by atoms with E-state index in [9.17, 15) is 14.4 Å². The van der Waals surface area contributed by atoms with Crippen LogP contribution in [0.2, 0.25) is 0 Å².